The average Bonchev–Trinajstić information content (AvgIpc) is 3.20. The molecule has 0 spiro atoms. The Morgan fingerprint density at radius 3 is 2.63 bits per heavy atom. The molecule has 1 aromatic heterocycles. The van der Waals surface area contributed by atoms with Gasteiger partial charge in [0.2, 0.25) is 0 Å². The monoisotopic (exact) mass is 378 g/mol. The van der Waals surface area contributed by atoms with Crippen LogP contribution in [0, 0.1) is 11.8 Å². The summed E-state index contributed by atoms with van der Waals surface area (Å²) in [4.78, 5) is 2.50. The normalized spacial score (nSPS) is 25.7. The van der Waals surface area contributed by atoms with Crippen molar-refractivity contribution in [2.24, 2.45) is 11.8 Å². The van der Waals surface area contributed by atoms with Gasteiger partial charge in [-0.05, 0) is 58.6 Å². The molecule has 1 aromatic rings. The Morgan fingerprint density at radius 1 is 1.33 bits per heavy atom. The van der Waals surface area contributed by atoms with E-state index in [9.17, 15) is 4.39 Å². The zero-order chi connectivity index (χ0) is 19.8. The van der Waals surface area contributed by atoms with E-state index in [0.29, 0.717) is 17.5 Å². The summed E-state index contributed by atoms with van der Waals surface area (Å²) in [7, 11) is -1.00. The molecule has 2 saturated heterocycles. The van der Waals surface area contributed by atoms with E-state index < -0.39 is 24.0 Å². The van der Waals surface area contributed by atoms with Crippen molar-refractivity contribution in [3.8, 4) is 0 Å². The van der Waals surface area contributed by atoms with E-state index in [-0.39, 0.29) is 0 Å². The summed E-state index contributed by atoms with van der Waals surface area (Å²) >= 11 is 0. The number of aromatic nitrogens is 3. The van der Waals surface area contributed by atoms with E-state index in [0.717, 1.165) is 26.2 Å². The molecule has 0 aromatic carbocycles. The van der Waals surface area contributed by atoms with Crippen LogP contribution in [0.2, 0.25) is 0 Å². The molecule has 2 aliphatic heterocycles. The second kappa shape index (κ2) is 7.64. The lowest BCUT2D eigenvalue weighted by molar-refractivity contribution is 0.00578. The van der Waals surface area contributed by atoms with Crippen LogP contribution in [0.1, 0.15) is 53.7 Å². The highest BCUT2D eigenvalue weighted by Gasteiger charge is 2.53. The predicted octanol–water partition coefficient (Wildman–Crippen LogP) is 3.20. The van der Waals surface area contributed by atoms with Crippen LogP contribution in [-0.4, -0.2) is 57.8 Å². The van der Waals surface area contributed by atoms with E-state index in [1.807, 2.05) is 32.4 Å². The summed E-state index contributed by atoms with van der Waals surface area (Å²) < 4.78 is 27.9. The molecule has 0 saturated carbocycles. The summed E-state index contributed by atoms with van der Waals surface area (Å²) in [5, 5.41) is 8.24. The van der Waals surface area contributed by atoms with Crippen LogP contribution in [0.25, 0.3) is 6.08 Å². The second-order valence-corrected chi connectivity index (χ2v) is 9.29. The maximum Gasteiger partial charge on any atom is 0.525 e. The third kappa shape index (κ3) is 4.79. The average molecular weight is 378 g/mol. The molecule has 0 N–H and O–H groups in total. The first kappa shape index (κ1) is 20.5. The Morgan fingerprint density at radius 2 is 2.00 bits per heavy atom. The highest BCUT2D eigenvalue weighted by Crippen LogP contribution is 2.39. The first-order valence-corrected chi connectivity index (χ1v) is 9.91. The Bertz CT molecular complexity index is 673. The van der Waals surface area contributed by atoms with Gasteiger partial charge in [0.1, 0.15) is 11.4 Å². The molecule has 2 fully saturated rings. The predicted molar refractivity (Wildman–Crippen MR) is 105 cm³/mol. The lowest BCUT2D eigenvalue weighted by atomic mass is 9.87. The first-order valence-electron chi connectivity index (χ1n) is 9.91. The van der Waals surface area contributed by atoms with Gasteiger partial charge in [0.25, 0.3) is 0 Å². The Kier molecular flexibility index (Phi) is 5.80. The standard InChI is InChI=1S/C19H32BFN4O2/c1-14(2)10-24-8-7-15(11-24)12-25-13-16(22-23-25)9-17(21)20-26-18(3,4)19(5,6)27-20/h9,13-15H,7-8,10-12H2,1-6H3. The highest BCUT2D eigenvalue weighted by molar-refractivity contribution is 6.54. The number of nitrogens with zero attached hydrogens (tertiary/aromatic N) is 4. The van der Waals surface area contributed by atoms with E-state index in [2.05, 4.69) is 29.1 Å². The number of hydrogen-bond acceptors (Lipinski definition) is 5. The molecule has 1 atom stereocenters. The Hall–Kier alpha value is -1.25. The van der Waals surface area contributed by atoms with Crippen molar-refractivity contribution in [2.75, 3.05) is 19.6 Å². The van der Waals surface area contributed by atoms with Gasteiger partial charge in [-0.1, -0.05) is 19.1 Å². The maximum absolute atomic E-state index is 14.6. The van der Waals surface area contributed by atoms with Crippen molar-refractivity contribution in [1.29, 1.82) is 0 Å². The van der Waals surface area contributed by atoms with Gasteiger partial charge < -0.3 is 14.2 Å². The molecule has 3 rings (SSSR count). The molecule has 150 valence electrons. The lowest BCUT2D eigenvalue weighted by Crippen LogP contribution is -2.41. The fourth-order valence-electron chi connectivity index (χ4n) is 3.64. The van der Waals surface area contributed by atoms with Crippen molar-refractivity contribution in [1.82, 2.24) is 19.9 Å². The largest absolute Gasteiger partial charge is 0.525 e. The summed E-state index contributed by atoms with van der Waals surface area (Å²) in [6.45, 7) is 16.3. The van der Waals surface area contributed by atoms with E-state index in [1.54, 1.807) is 6.20 Å². The quantitative estimate of drug-likeness (QED) is 0.712. The van der Waals surface area contributed by atoms with Gasteiger partial charge in [-0.2, -0.15) is 0 Å². The van der Waals surface area contributed by atoms with Crippen LogP contribution in [-0.2, 0) is 15.9 Å². The van der Waals surface area contributed by atoms with Crippen molar-refractivity contribution >= 4 is 13.2 Å². The van der Waals surface area contributed by atoms with Gasteiger partial charge in [0.05, 0.1) is 17.4 Å². The van der Waals surface area contributed by atoms with Gasteiger partial charge in [-0.15, -0.1) is 5.10 Å². The fraction of sp³-hybridized carbons (Fsp3) is 0.789. The van der Waals surface area contributed by atoms with Gasteiger partial charge >= 0.3 is 7.12 Å². The summed E-state index contributed by atoms with van der Waals surface area (Å²) in [5.41, 5.74) is -1.13. The van der Waals surface area contributed by atoms with Crippen molar-refractivity contribution in [3.63, 3.8) is 0 Å². The zero-order valence-corrected chi connectivity index (χ0v) is 17.4. The smallest absolute Gasteiger partial charge is 0.398 e. The first-order chi connectivity index (χ1) is 12.6. The molecule has 27 heavy (non-hydrogen) atoms. The van der Waals surface area contributed by atoms with Crippen LogP contribution in [0.5, 0.6) is 0 Å². The van der Waals surface area contributed by atoms with E-state index >= 15 is 0 Å². The molecule has 3 heterocycles. The van der Waals surface area contributed by atoms with Gasteiger partial charge in [0.15, 0.2) is 0 Å². The molecule has 0 bridgehead atoms. The number of likely N-dealkylation sites (tertiary alicyclic amines) is 1. The zero-order valence-electron chi connectivity index (χ0n) is 17.4. The minimum atomic E-state index is -1.00. The molecule has 0 aliphatic carbocycles. The van der Waals surface area contributed by atoms with Crippen LogP contribution in [0.15, 0.2) is 11.9 Å². The molecule has 0 amide bonds. The van der Waals surface area contributed by atoms with Crippen LogP contribution >= 0.6 is 0 Å². The third-order valence-electron chi connectivity index (χ3n) is 5.76. The van der Waals surface area contributed by atoms with Gasteiger partial charge in [-0.25, -0.2) is 4.39 Å². The number of halogens is 1. The minimum absolute atomic E-state index is 0.482. The van der Waals surface area contributed by atoms with Crippen LogP contribution in [0.4, 0.5) is 4.39 Å². The highest BCUT2D eigenvalue weighted by atomic mass is 19.1. The van der Waals surface area contributed by atoms with Crippen LogP contribution < -0.4 is 0 Å². The summed E-state index contributed by atoms with van der Waals surface area (Å²) in [6.07, 6.45) is 4.31. The summed E-state index contributed by atoms with van der Waals surface area (Å²) in [6, 6.07) is 0. The molecule has 6 nitrogen and oxygen atoms in total. The van der Waals surface area contributed by atoms with E-state index in [4.69, 9.17) is 9.31 Å². The third-order valence-corrected chi connectivity index (χ3v) is 5.76. The molecule has 1 unspecified atom stereocenters. The van der Waals surface area contributed by atoms with Gasteiger partial charge in [0, 0.05) is 19.6 Å². The Balaban J connectivity index is 1.57. The van der Waals surface area contributed by atoms with Gasteiger partial charge in [-0.3, -0.25) is 4.68 Å². The van der Waals surface area contributed by atoms with Crippen molar-refractivity contribution in [3.05, 3.63) is 17.6 Å². The topological polar surface area (TPSA) is 52.4 Å². The Labute approximate surface area is 162 Å². The van der Waals surface area contributed by atoms with Crippen molar-refractivity contribution < 1.29 is 13.7 Å². The van der Waals surface area contributed by atoms with Crippen LogP contribution in [0.3, 0.4) is 0 Å². The summed E-state index contributed by atoms with van der Waals surface area (Å²) in [5.74, 6) is 1.25. The molecule has 0 radical (unpaired) electrons. The van der Waals surface area contributed by atoms with E-state index in [1.165, 1.54) is 12.5 Å². The molecule has 2 aliphatic rings. The molecular weight excluding hydrogens is 346 g/mol. The number of hydrogen-bond donors (Lipinski definition) is 0. The second-order valence-electron chi connectivity index (χ2n) is 9.29. The minimum Gasteiger partial charge on any atom is -0.398 e. The van der Waals surface area contributed by atoms with Crippen molar-refractivity contribution in [2.45, 2.75) is 65.7 Å². The SMILES string of the molecule is CC(C)CN1CCC(Cn2cc(C=C(F)B3OC(C)(C)C(C)(C)O3)nn2)C1. The maximum atomic E-state index is 14.6. The lowest BCUT2D eigenvalue weighted by Gasteiger charge is -2.32. The number of rotatable bonds is 6. The molecular formula is C19H32BFN4O2. The molecule has 8 heteroatoms. The fourth-order valence-corrected chi connectivity index (χ4v) is 3.64.